The maximum Gasteiger partial charge on any atom is 0.547 e. The van der Waals surface area contributed by atoms with Gasteiger partial charge < -0.3 is 51.0 Å². The zero-order chi connectivity index (χ0) is 36.4. The summed E-state index contributed by atoms with van der Waals surface area (Å²) >= 11 is 6.13. The van der Waals surface area contributed by atoms with Crippen LogP contribution in [0.4, 0.5) is 18.4 Å². The van der Waals surface area contributed by atoms with Crippen molar-refractivity contribution in [2.24, 2.45) is 0 Å². The molecule has 1 fully saturated rings. The van der Waals surface area contributed by atoms with E-state index in [9.17, 15) is 58.2 Å². The first-order valence-corrected chi connectivity index (χ1v) is 15.1. The first-order chi connectivity index (χ1) is 23.7. The Hall–Kier alpha value is -5.82. The summed E-state index contributed by atoms with van der Waals surface area (Å²) in [7, 11) is -1.94. The summed E-state index contributed by atoms with van der Waals surface area (Å²) in [6.07, 6.45) is -0.296. The molecule has 0 bridgehead atoms. The third-order valence-corrected chi connectivity index (χ3v) is 8.32. The number of nitrogens with one attached hydrogen (secondary N) is 3. The highest BCUT2D eigenvalue weighted by molar-refractivity contribution is 6.47. The molecule has 0 saturated carbocycles. The lowest BCUT2D eigenvalue weighted by Crippen LogP contribution is -2.56. The number of carbonyl (C=O) groups is 5. The van der Waals surface area contributed by atoms with E-state index in [-0.39, 0.29) is 49.5 Å². The predicted molar refractivity (Wildman–Crippen MR) is 168 cm³/mol. The molecular weight excluding hydrogens is 691 g/mol. The molecule has 8 N–H and O–H groups in total. The van der Waals surface area contributed by atoms with Crippen LogP contribution in [-0.4, -0.2) is 104 Å². The van der Waals surface area contributed by atoms with Crippen molar-refractivity contribution in [3.8, 4) is 23.0 Å². The molecule has 0 aromatic heterocycles. The Kier molecular flexibility index (Phi) is 10.2. The molecule has 16 nitrogen and oxygen atoms in total. The average molecular weight is 718 g/mol. The molecule has 0 radical (unpaired) electrons. The number of imide groups is 1. The minimum atomic E-state index is -1.97. The Morgan fingerprint density at radius 2 is 1.72 bits per heavy atom. The Morgan fingerprint density at radius 3 is 2.40 bits per heavy atom. The van der Waals surface area contributed by atoms with Crippen molar-refractivity contribution < 1.29 is 62.9 Å². The largest absolute Gasteiger partial charge is 0.547 e. The highest BCUT2D eigenvalue weighted by Gasteiger charge is 2.42. The minimum absolute atomic E-state index is 0.0108. The number of carboxylic acid groups (broad SMARTS) is 1. The summed E-state index contributed by atoms with van der Waals surface area (Å²) in [5, 5.41) is 55.8. The number of phenols is 3. The lowest BCUT2D eigenvalue weighted by molar-refractivity contribution is -0.123. The quantitative estimate of drug-likeness (QED) is 0.117. The van der Waals surface area contributed by atoms with Crippen molar-refractivity contribution in [1.82, 2.24) is 25.8 Å². The van der Waals surface area contributed by atoms with E-state index in [1.807, 2.05) is 0 Å². The molecule has 20 heteroatoms. The van der Waals surface area contributed by atoms with Gasteiger partial charge in [-0.15, -0.1) is 0 Å². The molecule has 1 saturated heterocycles. The summed E-state index contributed by atoms with van der Waals surface area (Å²) in [6.45, 7) is -0.184. The van der Waals surface area contributed by atoms with E-state index in [1.54, 1.807) is 0 Å². The topological polar surface area (TPSA) is 238 Å². The van der Waals surface area contributed by atoms with Gasteiger partial charge in [-0.2, -0.15) is 0 Å². The number of fused-ring (bicyclic) bond motifs is 1. The van der Waals surface area contributed by atoms with Gasteiger partial charge in [-0.3, -0.25) is 9.59 Å². The lowest BCUT2D eigenvalue weighted by Gasteiger charge is -2.31. The van der Waals surface area contributed by atoms with Crippen molar-refractivity contribution in [3.05, 3.63) is 81.4 Å². The van der Waals surface area contributed by atoms with Gasteiger partial charge in [-0.1, -0.05) is 17.7 Å². The van der Waals surface area contributed by atoms with Crippen LogP contribution in [0, 0.1) is 11.6 Å². The van der Waals surface area contributed by atoms with Crippen LogP contribution in [0.1, 0.15) is 37.9 Å². The number of hydrogen-bond acceptors (Lipinski definition) is 10. The van der Waals surface area contributed by atoms with Crippen molar-refractivity contribution in [2.45, 2.75) is 18.4 Å². The van der Waals surface area contributed by atoms with Gasteiger partial charge in [0.05, 0.1) is 11.0 Å². The number of rotatable bonds is 9. The molecule has 1 unspecified atom stereocenters. The monoisotopic (exact) mass is 717 g/mol. The number of hydrogen-bond donors (Lipinski definition) is 8. The average Bonchev–Trinajstić information content (AvgIpc) is 3.44. The van der Waals surface area contributed by atoms with E-state index in [0.29, 0.717) is 11.0 Å². The highest BCUT2D eigenvalue weighted by atomic mass is 35.5. The Morgan fingerprint density at radius 1 is 1.02 bits per heavy atom. The minimum Gasteiger partial charge on any atom is -0.534 e. The van der Waals surface area contributed by atoms with E-state index >= 15 is 0 Å². The fourth-order valence-corrected chi connectivity index (χ4v) is 5.59. The number of aromatic hydroxyl groups is 3. The zero-order valence-electron chi connectivity index (χ0n) is 25.5. The fourth-order valence-electron chi connectivity index (χ4n) is 5.34. The van der Waals surface area contributed by atoms with Crippen LogP contribution in [0.5, 0.6) is 23.0 Å². The molecule has 0 spiro atoms. The third kappa shape index (κ3) is 7.13. The molecule has 2 atom stereocenters. The molecule has 3 aromatic rings. The maximum atomic E-state index is 14.6. The molecule has 6 amide bonds. The Balaban J connectivity index is 1.31. The van der Waals surface area contributed by atoms with Gasteiger partial charge in [-0.25, -0.2) is 28.1 Å². The zero-order valence-corrected chi connectivity index (χ0v) is 26.3. The standard InChI is InChI=1S/C30H27BClF2N5O11/c32-21-16(12-18(34)23(41)24(21)42)22(27(44)36-19-11-14-3-6-17(33)20(28(45)46)25(14)50-31(19)49)37-29(47)39-10-9-38(30(39)48)8-7-35-26(43)13-1-4-15(40)5-2-13/h1-6,12,19,22,40-42,49H,7-11H2,(H,35,43)(H,36,44)(H,37,47)(H,45,46)/t19-,22?/m0/s1. The first kappa shape index (κ1) is 35.5. The fraction of sp³-hybridized carbons (Fsp3) is 0.233. The van der Waals surface area contributed by atoms with Crippen LogP contribution < -0.4 is 20.6 Å². The van der Waals surface area contributed by atoms with E-state index in [0.717, 1.165) is 6.07 Å². The number of urea groups is 2. The second-order valence-corrected chi connectivity index (χ2v) is 11.5. The van der Waals surface area contributed by atoms with Crippen molar-refractivity contribution >= 4 is 48.6 Å². The smallest absolute Gasteiger partial charge is 0.534 e. The lowest BCUT2D eigenvalue weighted by atomic mass is 9.72. The molecular formula is C30H27BClF2N5O11. The summed E-state index contributed by atoms with van der Waals surface area (Å²) in [5.74, 6) is -10.1. The van der Waals surface area contributed by atoms with Gasteiger partial charge in [0, 0.05) is 37.3 Å². The molecule has 50 heavy (non-hydrogen) atoms. The normalized spacial score (nSPS) is 16.0. The number of benzene rings is 3. The summed E-state index contributed by atoms with van der Waals surface area (Å²) in [5.41, 5.74) is -1.06. The Bertz CT molecular complexity index is 1890. The van der Waals surface area contributed by atoms with Gasteiger partial charge in [0.2, 0.25) is 5.91 Å². The van der Waals surface area contributed by atoms with Gasteiger partial charge in [-0.05, 0) is 48.4 Å². The van der Waals surface area contributed by atoms with E-state index < -0.39 is 94.0 Å². The van der Waals surface area contributed by atoms with E-state index in [2.05, 4.69) is 16.0 Å². The first-order valence-electron chi connectivity index (χ1n) is 14.7. The number of amides is 6. The number of nitrogens with zero attached hydrogens (tertiary/aromatic N) is 2. The second-order valence-electron chi connectivity index (χ2n) is 11.1. The molecule has 2 aliphatic rings. The van der Waals surface area contributed by atoms with Crippen LogP contribution in [0.3, 0.4) is 0 Å². The van der Waals surface area contributed by atoms with Gasteiger partial charge in [0.25, 0.3) is 5.91 Å². The summed E-state index contributed by atoms with van der Waals surface area (Å²) in [6, 6.07) is 4.08. The molecule has 2 heterocycles. The maximum absolute atomic E-state index is 14.6. The predicted octanol–water partition coefficient (Wildman–Crippen LogP) is 1.49. The number of halogens is 3. The van der Waals surface area contributed by atoms with Crippen molar-refractivity contribution in [3.63, 3.8) is 0 Å². The number of carboxylic acids is 1. The number of aromatic carboxylic acids is 1. The second kappa shape index (κ2) is 14.3. The molecule has 2 aliphatic heterocycles. The van der Waals surface area contributed by atoms with Crippen LogP contribution in [0.15, 0.2) is 42.5 Å². The van der Waals surface area contributed by atoms with Crippen LogP contribution in [0.25, 0.3) is 0 Å². The van der Waals surface area contributed by atoms with E-state index in [1.165, 1.54) is 35.2 Å². The molecule has 0 aliphatic carbocycles. The molecule has 3 aromatic carbocycles. The highest BCUT2D eigenvalue weighted by Crippen LogP contribution is 2.40. The van der Waals surface area contributed by atoms with Crippen LogP contribution in [0.2, 0.25) is 5.02 Å². The molecule has 262 valence electrons. The summed E-state index contributed by atoms with van der Waals surface area (Å²) in [4.78, 5) is 66.0. The molecule has 5 rings (SSSR count). The van der Waals surface area contributed by atoms with Crippen LogP contribution in [-0.2, 0) is 11.2 Å². The number of phenolic OH excluding ortho intramolecular Hbond substituents is 3. The van der Waals surface area contributed by atoms with Gasteiger partial charge in [0.15, 0.2) is 17.3 Å². The van der Waals surface area contributed by atoms with E-state index in [4.69, 9.17) is 16.3 Å². The summed E-state index contributed by atoms with van der Waals surface area (Å²) < 4.78 is 33.9. The van der Waals surface area contributed by atoms with Crippen molar-refractivity contribution in [1.29, 1.82) is 0 Å². The van der Waals surface area contributed by atoms with Gasteiger partial charge >= 0.3 is 25.1 Å². The SMILES string of the molecule is O=C(NCCN1CCN(C(=O)NC(C(=O)N[C@H]2Cc3ccc(F)c(C(=O)O)c3OB2O)c2cc(F)c(O)c(O)c2Cl)C1=O)c1ccc(O)cc1. The third-order valence-electron chi connectivity index (χ3n) is 7.92. The van der Waals surface area contributed by atoms with Gasteiger partial charge in [0.1, 0.15) is 28.9 Å². The number of carbonyl (C=O) groups excluding carboxylic acids is 4. The Labute approximate surface area is 286 Å². The van der Waals surface area contributed by atoms with Crippen LogP contribution >= 0.6 is 11.6 Å². The van der Waals surface area contributed by atoms with Crippen molar-refractivity contribution in [2.75, 3.05) is 26.2 Å².